The largest absolute Gasteiger partial charge is 0.389 e. The molecule has 0 saturated carbocycles. The maximum absolute atomic E-state index is 5.70. The summed E-state index contributed by atoms with van der Waals surface area (Å²) in [6, 6.07) is 0. The molecule has 0 spiro atoms. The van der Waals surface area contributed by atoms with E-state index in [1.165, 1.54) is 0 Å². The van der Waals surface area contributed by atoms with E-state index in [-0.39, 0.29) is 12.2 Å². The minimum absolute atomic E-state index is 0.207. The van der Waals surface area contributed by atoms with Gasteiger partial charge in [-0.3, -0.25) is 0 Å². The lowest BCUT2D eigenvalue weighted by Gasteiger charge is -2.27. The maximum atomic E-state index is 5.70. The van der Waals surface area contributed by atoms with E-state index in [9.17, 15) is 0 Å². The van der Waals surface area contributed by atoms with Crippen LogP contribution in [0, 0.1) is 0 Å². The molecule has 0 aromatic heterocycles. The highest BCUT2D eigenvalue weighted by atomic mass is 28.4. The first-order valence-corrected chi connectivity index (χ1v) is 6.78. The van der Waals surface area contributed by atoms with Gasteiger partial charge in [0.15, 0.2) is 0 Å². The van der Waals surface area contributed by atoms with Gasteiger partial charge in [0, 0.05) is 12.2 Å². The molecular weight excluding hydrogens is 168 g/mol. The zero-order valence-electron chi connectivity index (χ0n) is 8.76. The molecule has 72 valence electrons. The molecule has 0 fully saturated rings. The van der Waals surface area contributed by atoms with Crippen molar-refractivity contribution in [2.45, 2.75) is 46.4 Å². The van der Waals surface area contributed by atoms with Crippen LogP contribution in [0.4, 0.5) is 0 Å². The van der Waals surface area contributed by atoms with E-state index < -0.39 is 8.56 Å². The Bertz CT molecular complexity index is 133. The van der Waals surface area contributed by atoms with Gasteiger partial charge in [0.05, 0.1) is 0 Å². The Morgan fingerprint density at radius 3 is 1.58 bits per heavy atom. The zero-order chi connectivity index (χ0) is 9.78. The second-order valence-corrected chi connectivity index (χ2v) is 6.46. The summed E-state index contributed by atoms with van der Waals surface area (Å²) in [6.07, 6.45) is 0.414. The predicted molar refractivity (Wildman–Crippen MR) is 54.3 cm³/mol. The average Bonchev–Trinajstić information content (AvgIpc) is 1.83. The Hall–Kier alpha value is -0.123. The molecule has 12 heavy (non-hydrogen) atoms. The Morgan fingerprint density at radius 1 is 1.08 bits per heavy atom. The smallest absolute Gasteiger partial charge is 0.361 e. The van der Waals surface area contributed by atoms with E-state index in [2.05, 4.69) is 6.58 Å². The van der Waals surface area contributed by atoms with Crippen molar-refractivity contribution in [1.82, 2.24) is 0 Å². The standard InChI is InChI=1S/C9H20O2Si/c1-7-12(6,10-8(2)3)11-9(4)5/h7-9H,1H2,2-6H3. The molecule has 0 amide bonds. The molecule has 0 radical (unpaired) electrons. The molecule has 0 heterocycles. The minimum Gasteiger partial charge on any atom is -0.389 e. The van der Waals surface area contributed by atoms with E-state index in [0.29, 0.717) is 0 Å². The highest BCUT2D eigenvalue weighted by Gasteiger charge is 2.29. The fraction of sp³-hybridized carbons (Fsp3) is 0.778. The zero-order valence-corrected chi connectivity index (χ0v) is 9.76. The Labute approximate surface area is 76.8 Å². The van der Waals surface area contributed by atoms with Crippen LogP contribution in [-0.4, -0.2) is 20.8 Å². The highest BCUT2D eigenvalue weighted by molar-refractivity contribution is 6.71. The third kappa shape index (κ3) is 4.69. The van der Waals surface area contributed by atoms with E-state index in [1.807, 2.05) is 39.9 Å². The summed E-state index contributed by atoms with van der Waals surface area (Å²) < 4.78 is 11.4. The lowest BCUT2D eigenvalue weighted by molar-refractivity contribution is 0.119. The number of hydrogen-bond acceptors (Lipinski definition) is 2. The SMILES string of the molecule is C=C[Si](C)(OC(C)C)OC(C)C. The first-order valence-electron chi connectivity index (χ1n) is 4.39. The number of rotatable bonds is 5. The quantitative estimate of drug-likeness (QED) is 0.618. The molecule has 0 atom stereocenters. The predicted octanol–water partition coefficient (Wildman–Crippen LogP) is 2.63. The first kappa shape index (κ1) is 11.9. The molecule has 0 aromatic rings. The van der Waals surface area contributed by atoms with Gasteiger partial charge in [0.2, 0.25) is 0 Å². The van der Waals surface area contributed by atoms with Crippen molar-refractivity contribution in [3.63, 3.8) is 0 Å². The third-order valence-corrected chi connectivity index (χ3v) is 3.93. The van der Waals surface area contributed by atoms with Crippen molar-refractivity contribution < 1.29 is 8.85 Å². The molecule has 2 nitrogen and oxygen atoms in total. The van der Waals surface area contributed by atoms with Crippen molar-refractivity contribution in [3.05, 3.63) is 12.3 Å². The monoisotopic (exact) mass is 188 g/mol. The first-order chi connectivity index (χ1) is 5.39. The van der Waals surface area contributed by atoms with Crippen LogP contribution in [0.3, 0.4) is 0 Å². The fourth-order valence-corrected chi connectivity index (χ4v) is 3.18. The van der Waals surface area contributed by atoms with Gasteiger partial charge in [-0.15, -0.1) is 6.58 Å². The van der Waals surface area contributed by atoms with E-state index in [0.717, 1.165) is 0 Å². The topological polar surface area (TPSA) is 18.5 Å². The summed E-state index contributed by atoms with van der Waals surface area (Å²) >= 11 is 0. The van der Waals surface area contributed by atoms with Gasteiger partial charge in [0.1, 0.15) is 0 Å². The summed E-state index contributed by atoms with van der Waals surface area (Å²) in [5, 5.41) is 0. The van der Waals surface area contributed by atoms with E-state index >= 15 is 0 Å². The third-order valence-electron chi connectivity index (χ3n) is 1.31. The Kier molecular flexibility index (Phi) is 4.75. The van der Waals surface area contributed by atoms with Crippen molar-refractivity contribution in [3.8, 4) is 0 Å². The van der Waals surface area contributed by atoms with Crippen LogP contribution in [0.5, 0.6) is 0 Å². The molecule has 0 aromatic carbocycles. The molecule has 0 unspecified atom stereocenters. The molecule has 0 aliphatic carbocycles. The Morgan fingerprint density at radius 2 is 1.42 bits per heavy atom. The van der Waals surface area contributed by atoms with Gasteiger partial charge >= 0.3 is 8.56 Å². The highest BCUT2D eigenvalue weighted by Crippen LogP contribution is 2.13. The van der Waals surface area contributed by atoms with E-state index in [1.54, 1.807) is 0 Å². The lowest BCUT2D eigenvalue weighted by Crippen LogP contribution is -2.41. The number of hydrogen-bond donors (Lipinski definition) is 0. The Balaban J connectivity index is 4.14. The van der Waals surface area contributed by atoms with Gasteiger partial charge in [-0.2, -0.15) is 0 Å². The van der Waals surface area contributed by atoms with Crippen LogP contribution < -0.4 is 0 Å². The van der Waals surface area contributed by atoms with Crippen molar-refractivity contribution >= 4 is 8.56 Å². The summed E-state index contributed by atoms with van der Waals surface area (Å²) in [5.41, 5.74) is 1.83. The molecule has 0 aliphatic heterocycles. The fourth-order valence-electron chi connectivity index (χ4n) is 1.06. The summed E-state index contributed by atoms with van der Waals surface area (Å²) in [7, 11) is -2.09. The second kappa shape index (κ2) is 4.79. The van der Waals surface area contributed by atoms with Crippen molar-refractivity contribution in [1.29, 1.82) is 0 Å². The molecule has 0 bridgehead atoms. The molecule has 0 aliphatic rings. The summed E-state index contributed by atoms with van der Waals surface area (Å²) in [5.74, 6) is 0. The van der Waals surface area contributed by atoms with Gasteiger partial charge < -0.3 is 8.85 Å². The van der Waals surface area contributed by atoms with Crippen LogP contribution in [0.2, 0.25) is 6.55 Å². The van der Waals surface area contributed by atoms with Gasteiger partial charge in [-0.1, -0.05) is 0 Å². The lowest BCUT2D eigenvalue weighted by atomic mass is 10.5. The maximum Gasteiger partial charge on any atom is 0.361 e. The van der Waals surface area contributed by atoms with Gasteiger partial charge in [0.25, 0.3) is 0 Å². The average molecular weight is 188 g/mol. The molecule has 0 saturated heterocycles. The molecule has 3 heteroatoms. The summed E-state index contributed by atoms with van der Waals surface area (Å²) in [4.78, 5) is 0. The van der Waals surface area contributed by atoms with Crippen LogP contribution in [0.1, 0.15) is 27.7 Å². The van der Waals surface area contributed by atoms with E-state index in [4.69, 9.17) is 8.85 Å². The van der Waals surface area contributed by atoms with Crippen LogP contribution in [-0.2, 0) is 8.85 Å². The molecule has 0 rings (SSSR count). The van der Waals surface area contributed by atoms with Crippen LogP contribution >= 0.6 is 0 Å². The summed E-state index contributed by atoms with van der Waals surface area (Å²) in [6.45, 7) is 13.8. The molecular formula is C9H20O2Si. The van der Waals surface area contributed by atoms with Crippen molar-refractivity contribution in [2.75, 3.05) is 0 Å². The van der Waals surface area contributed by atoms with Gasteiger partial charge in [-0.25, -0.2) is 0 Å². The normalized spacial score (nSPS) is 12.6. The minimum atomic E-state index is -2.09. The second-order valence-electron chi connectivity index (χ2n) is 3.55. The van der Waals surface area contributed by atoms with Gasteiger partial charge in [-0.05, 0) is 39.9 Å². The van der Waals surface area contributed by atoms with Crippen LogP contribution in [0.25, 0.3) is 0 Å². The van der Waals surface area contributed by atoms with Crippen LogP contribution in [0.15, 0.2) is 12.3 Å². The molecule has 0 N–H and O–H groups in total. The van der Waals surface area contributed by atoms with Crippen molar-refractivity contribution in [2.24, 2.45) is 0 Å².